The molecule has 45 heavy (non-hydrogen) atoms. The summed E-state index contributed by atoms with van der Waals surface area (Å²) in [5.74, 6) is 0.512. The summed E-state index contributed by atoms with van der Waals surface area (Å²) < 4.78 is 6.20. The van der Waals surface area contributed by atoms with Crippen molar-refractivity contribution in [3.05, 3.63) is 35.9 Å². The molecule has 0 unspecified atom stereocenters. The molecule has 0 atom stereocenters. The first kappa shape index (κ1) is 39.0. The standard InChI is InChI=1S/C41H69NO3/c1-3-5-7-9-11-13-15-17-18-19-21-23-25-29-33-42-41(44)38-35-39(36-31-27-28-32-37(36)40(38)43)45-34-30-26-24-22-20-16-14-12-10-8-6-4-2/h27-28,31-32,35,43H,3-26,29-30,33-34H2,1-2H3,(H,42,44). The van der Waals surface area contributed by atoms with Gasteiger partial charge in [-0.25, -0.2) is 0 Å². The lowest BCUT2D eigenvalue weighted by Gasteiger charge is -2.14. The predicted molar refractivity (Wildman–Crippen MR) is 195 cm³/mol. The summed E-state index contributed by atoms with van der Waals surface area (Å²) in [6.07, 6.45) is 34.2. The summed E-state index contributed by atoms with van der Waals surface area (Å²) in [6, 6.07) is 9.41. The Morgan fingerprint density at radius 1 is 0.578 bits per heavy atom. The van der Waals surface area contributed by atoms with E-state index in [9.17, 15) is 9.90 Å². The van der Waals surface area contributed by atoms with E-state index in [1.807, 2.05) is 24.3 Å². The van der Waals surface area contributed by atoms with E-state index in [2.05, 4.69) is 19.2 Å². The number of nitrogens with one attached hydrogen (secondary N) is 1. The number of benzene rings is 2. The number of aromatic hydroxyl groups is 1. The van der Waals surface area contributed by atoms with Gasteiger partial charge in [-0.1, -0.05) is 192 Å². The van der Waals surface area contributed by atoms with E-state index in [0.29, 0.717) is 29.9 Å². The first-order chi connectivity index (χ1) is 22.2. The van der Waals surface area contributed by atoms with E-state index < -0.39 is 0 Å². The Kier molecular flexibility index (Phi) is 23.3. The Morgan fingerprint density at radius 3 is 1.44 bits per heavy atom. The van der Waals surface area contributed by atoms with Gasteiger partial charge in [-0.05, 0) is 18.9 Å². The first-order valence-electron chi connectivity index (χ1n) is 19.3. The third-order valence-electron chi connectivity index (χ3n) is 9.29. The maximum atomic E-state index is 13.1. The zero-order valence-electron chi connectivity index (χ0n) is 29.4. The monoisotopic (exact) mass is 624 g/mol. The van der Waals surface area contributed by atoms with Crippen molar-refractivity contribution in [3.63, 3.8) is 0 Å². The van der Waals surface area contributed by atoms with E-state index in [4.69, 9.17) is 4.74 Å². The lowest BCUT2D eigenvalue weighted by Crippen LogP contribution is -2.24. The maximum Gasteiger partial charge on any atom is 0.255 e. The molecule has 0 spiro atoms. The van der Waals surface area contributed by atoms with E-state index in [1.165, 1.54) is 148 Å². The number of ether oxygens (including phenoxy) is 1. The summed E-state index contributed by atoms with van der Waals surface area (Å²) in [7, 11) is 0. The molecule has 0 aliphatic carbocycles. The molecule has 0 bridgehead atoms. The van der Waals surface area contributed by atoms with Gasteiger partial charge >= 0.3 is 0 Å². The van der Waals surface area contributed by atoms with Crippen LogP contribution in [0.25, 0.3) is 10.8 Å². The molecule has 2 aromatic rings. The average molecular weight is 624 g/mol. The van der Waals surface area contributed by atoms with Crippen molar-refractivity contribution in [2.45, 2.75) is 181 Å². The van der Waals surface area contributed by atoms with Crippen LogP contribution >= 0.6 is 0 Å². The van der Waals surface area contributed by atoms with Crippen LogP contribution in [0.4, 0.5) is 0 Å². The Labute approximate surface area is 277 Å². The van der Waals surface area contributed by atoms with Crippen LogP contribution in [0.3, 0.4) is 0 Å². The summed E-state index contributed by atoms with van der Waals surface area (Å²) >= 11 is 0. The molecule has 0 fully saturated rings. The maximum absolute atomic E-state index is 13.1. The summed E-state index contributed by atoms with van der Waals surface area (Å²) in [5, 5.41) is 15.5. The highest BCUT2D eigenvalue weighted by molar-refractivity contribution is 6.05. The minimum absolute atomic E-state index is 0.0433. The quantitative estimate of drug-likeness (QED) is 0.0851. The van der Waals surface area contributed by atoms with Gasteiger partial charge in [0.05, 0.1) is 12.2 Å². The zero-order valence-corrected chi connectivity index (χ0v) is 29.4. The van der Waals surface area contributed by atoms with Gasteiger partial charge in [0.15, 0.2) is 0 Å². The number of carbonyl (C=O) groups excluding carboxylic acids is 1. The molecular weight excluding hydrogens is 554 g/mol. The van der Waals surface area contributed by atoms with Crippen LogP contribution in [0.1, 0.15) is 191 Å². The zero-order chi connectivity index (χ0) is 32.2. The highest BCUT2D eigenvalue weighted by Gasteiger charge is 2.17. The Hall–Kier alpha value is -2.23. The third-order valence-corrected chi connectivity index (χ3v) is 9.29. The average Bonchev–Trinajstić information content (AvgIpc) is 3.06. The first-order valence-corrected chi connectivity index (χ1v) is 19.3. The highest BCUT2D eigenvalue weighted by Crippen LogP contribution is 2.36. The molecule has 2 rings (SSSR count). The normalized spacial score (nSPS) is 11.3. The third kappa shape index (κ3) is 17.9. The van der Waals surface area contributed by atoms with Crippen LogP contribution < -0.4 is 10.1 Å². The van der Waals surface area contributed by atoms with Crippen LogP contribution in [-0.2, 0) is 0 Å². The van der Waals surface area contributed by atoms with Gasteiger partial charge in [0, 0.05) is 17.3 Å². The molecule has 0 saturated heterocycles. The lowest BCUT2D eigenvalue weighted by atomic mass is 10.0. The molecular formula is C41H69NO3. The van der Waals surface area contributed by atoms with Gasteiger partial charge in [-0.2, -0.15) is 0 Å². The van der Waals surface area contributed by atoms with Gasteiger partial charge in [0.2, 0.25) is 0 Å². The van der Waals surface area contributed by atoms with Crippen molar-refractivity contribution in [3.8, 4) is 11.5 Å². The Balaban J connectivity index is 1.61. The molecule has 256 valence electrons. The number of phenols is 1. The Bertz CT molecular complexity index is 1000. The molecule has 0 aliphatic heterocycles. The molecule has 0 heterocycles. The number of rotatable bonds is 30. The topological polar surface area (TPSA) is 58.6 Å². The fraction of sp³-hybridized carbons (Fsp3) is 0.732. The number of carbonyl (C=O) groups is 1. The van der Waals surface area contributed by atoms with Crippen LogP contribution in [-0.4, -0.2) is 24.2 Å². The van der Waals surface area contributed by atoms with Gasteiger partial charge in [0.25, 0.3) is 5.91 Å². The SMILES string of the molecule is CCCCCCCCCCCCCCCCNC(=O)c1cc(OCCCCCCCCCCCCCC)c2ccccc2c1O. The number of unbranched alkanes of at least 4 members (excludes halogenated alkanes) is 24. The molecule has 4 heteroatoms. The van der Waals surface area contributed by atoms with E-state index in [0.717, 1.165) is 24.6 Å². The van der Waals surface area contributed by atoms with Crippen molar-refractivity contribution in [2.24, 2.45) is 0 Å². The fourth-order valence-corrected chi connectivity index (χ4v) is 6.36. The van der Waals surface area contributed by atoms with Crippen LogP contribution in [0.5, 0.6) is 11.5 Å². The second kappa shape index (κ2) is 26.9. The highest BCUT2D eigenvalue weighted by atomic mass is 16.5. The van der Waals surface area contributed by atoms with Crippen molar-refractivity contribution < 1.29 is 14.6 Å². The van der Waals surface area contributed by atoms with Crippen molar-refractivity contribution in [1.82, 2.24) is 5.32 Å². The smallest absolute Gasteiger partial charge is 0.255 e. The number of phenolic OH excluding ortho intramolecular Hbond substituents is 1. The number of hydrogen-bond donors (Lipinski definition) is 2. The minimum Gasteiger partial charge on any atom is -0.506 e. The molecule has 2 N–H and O–H groups in total. The predicted octanol–water partition coefficient (Wildman–Crippen LogP) is 12.8. The van der Waals surface area contributed by atoms with Crippen molar-refractivity contribution in [2.75, 3.05) is 13.2 Å². The number of hydrogen-bond acceptors (Lipinski definition) is 3. The van der Waals surface area contributed by atoms with Crippen molar-refractivity contribution in [1.29, 1.82) is 0 Å². The number of fused-ring (bicyclic) bond motifs is 1. The van der Waals surface area contributed by atoms with Crippen LogP contribution in [0.2, 0.25) is 0 Å². The second-order valence-corrected chi connectivity index (χ2v) is 13.4. The fourth-order valence-electron chi connectivity index (χ4n) is 6.36. The van der Waals surface area contributed by atoms with E-state index in [-0.39, 0.29) is 11.7 Å². The molecule has 2 aromatic carbocycles. The van der Waals surface area contributed by atoms with Gasteiger partial charge in [-0.15, -0.1) is 0 Å². The molecule has 1 amide bonds. The summed E-state index contributed by atoms with van der Waals surface area (Å²) in [6.45, 7) is 5.82. The van der Waals surface area contributed by atoms with Gasteiger partial charge < -0.3 is 15.2 Å². The van der Waals surface area contributed by atoms with E-state index in [1.54, 1.807) is 6.07 Å². The molecule has 4 nitrogen and oxygen atoms in total. The van der Waals surface area contributed by atoms with Crippen LogP contribution in [0.15, 0.2) is 30.3 Å². The van der Waals surface area contributed by atoms with Gasteiger partial charge in [-0.3, -0.25) is 4.79 Å². The molecule has 0 radical (unpaired) electrons. The summed E-state index contributed by atoms with van der Waals surface area (Å²) in [5.41, 5.74) is 0.309. The number of amides is 1. The molecule has 0 aromatic heterocycles. The van der Waals surface area contributed by atoms with Gasteiger partial charge in [0.1, 0.15) is 11.5 Å². The van der Waals surface area contributed by atoms with Crippen LogP contribution in [0, 0.1) is 0 Å². The lowest BCUT2D eigenvalue weighted by molar-refractivity contribution is 0.0950. The molecule has 0 aliphatic rings. The van der Waals surface area contributed by atoms with E-state index >= 15 is 0 Å². The largest absolute Gasteiger partial charge is 0.506 e. The van der Waals surface area contributed by atoms with Crippen molar-refractivity contribution >= 4 is 16.7 Å². The minimum atomic E-state index is -0.219. The second-order valence-electron chi connectivity index (χ2n) is 13.4. The summed E-state index contributed by atoms with van der Waals surface area (Å²) in [4.78, 5) is 13.1. The Morgan fingerprint density at radius 2 is 0.978 bits per heavy atom. The molecule has 0 saturated carbocycles.